The highest BCUT2D eigenvalue weighted by atomic mass is 16.3. The number of aliphatic hydroxyl groups excluding tert-OH is 1. The number of oxazole rings is 1. The average molecular weight is 180 g/mol. The number of hydrogen-bond acceptors (Lipinski definition) is 5. The smallest absolute Gasteiger partial charge is 0.180 e. The van der Waals surface area contributed by atoms with Crippen molar-refractivity contribution in [3.63, 3.8) is 0 Å². The van der Waals surface area contributed by atoms with Crippen LogP contribution in [0.15, 0.2) is 23.4 Å². The van der Waals surface area contributed by atoms with Crippen LogP contribution in [0, 0.1) is 0 Å². The molecule has 13 heavy (non-hydrogen) atoms. The molecule has 0 radical (unpaired) electrons. The van der Waals surface area contributed by atoms with Crippen molar-refractivity contribution in [3.05, 3.63) is 30.5 Å². The number of aliphatic hydroxyl groups is 1. The van der Waals surface area contributed by atoms with E-state index in [1.807, 2.05) is 0 Å². The molecule has 2 heterocycles. The highest BCUT2D eigenvalue weighted by Crippen LogP contribution is 2.01. The summed E-state index contributed by atoms with van der Waals surface area (Å²) in [6, 6.07) is 0. The Morgan fingerprint density at radius 1 is 1.54 bits per heavy atom. The van der Waals surface area contributed by atoms with Crippen LogP contribution in [-0.4, -0.2) is 24.9 Å². The van der Waals surface area contributed by atoms with Crippen LogP contribution < -0.4 is 0 Å². The van der Waals surface area contributed by atoms with Gasteiger partial charge >= 0.3 is 0 Å². The van der Waals surface area contributed by atoms with E-state index >= 15 is 0 Å². The van der Waals surface area contributed by atoms with Crippen LogP contribution in [0.4, 0.5) is 0 Å². The zero-order valence-electron chi connectivity index (χ0n) is 6.79. The molecule has 0 unspecified atom stereocenters. The Balaban J connectivity index is 2.18. The number of hydrogen-bond donors (Lipinski definition) is 1. The molecule has 0 aliphatic rings. The summed E-state index contributed by atoms with van der Waals surface area (Å²) in [6.07, 6.45) is 4.44. The molecule has 68 valence electrons. The second-order valence-corrected chi connectivity index (χ2v) is 2.51. The first-order valence-electron chi connectivity index (χ1n) is 3.75. The minimum Gasteiger partial charge on any atom is -0.451 e. The normalized spacial score (nSPS) is 10.5. The summed E-state index contributed by atoms with van der Waals surface area (Å²) in [7, 11) is 0. The van der Waals surface area contributed by atoms with E-state index in [0.29, 0.717) is 12.4 Å². The predicted molar refractivity (Wildman–Crippen MR) is 41.5 cm³/mol. The molecular weight excluding hydrogens is 172 g/mol. The lowest BCUT2D eigenvalue weighted by Crippen LogP contribution is -2.04. The SMILES string of the molecule is OCc1nncn1Cc1cocn1. The molecule has 0 saturated heterocycles. The van der Waals surface area contributed by atoms with E-state index in [4.69, 9.17) is 9.52 Å². The molecule has 0 aliphatic carbocycles. The molecular formula is C7H8N4O2. The molecule has 0 saturated carbocycles. The van der Waals surface area contributed by atoms with E-state index in [1.54, 1.807) is 17.2 Å². The molecule has 0 amide bonds. The second kappa shape index (κ2) is 3.36. The highest BCUT2D eigenvalue weighted by Gasteiger charge is 2.04. The zero-order chi connectivity index (χ0) is 9.10. The van der Waals surface area contributed by atoms with E-state index in [-0.39, 0.29) is 6.61 Å². The Hall–Kier alpha value is -1.69. The molecule has 0 atom stereocenters. The van der Waals surface area contributed by atoms with Gasteiger partial charge in [0.2, 0.25) is 0 Å². The lowest BCUT2D eigenvalue weighted by molar-refractivity contribution is 0.265. The van der Waals surface area contributed by atoms with Crippen molar-refractivity contribution in [3.8, 4) is 0 Å². The first-order valence-corrected chi connectivity index (χ1v) is 3.75. The molecule has 1 N–H and O–H groups in total. The Kier molecular flexibility index (Phi) is 2.05. The van der Waals surface area contributed by atoms with Gasteiger partial charge in [-0.25, -0.2) is 4.98 Å². The molecule has 2 aromatic heterocycles. The summed E-state index contributed by atoms with van der Waals surface area (Å²) in [5.41, 5.74) is 0.773. The average Bonchev–Trinajstić information content (AvgIpc) is 2.76. The number of nitrogens with zero attached hydrogens (tertiary/aromatic N) is 4. The van der Waals surface area contributed by atoms with Crippen molar-refractivity contribution in [2.24, 2.45) is 0 Å². The van der Waals surface area contributed by atoms with Crippen molar-refractivity contribution < 1.29 is 9.52 Å². The third-order valence-electron chi connectivity index (χ3n) is 1.65. The van der Waals surface area contributed by atoms with Crippen LogP contribution in [0.2, 0.25) is 0 Å². The summed E-state index contributed by atoms with van der Waals surface area (Å²) in [4.78, 5) is 3.94. The van der Waals surface area contributed by atoms with E-state index in [1.165, 1.54) is 6.39 Å². The van der Waals surface area contributed by atoms with Crippen LogP contribution in [-0.2, 0) is 13.2 Å². The van der Waals surface area contributed by atoms with Gasteiger partial charge in [-0.15, -0.1) is 10.2 Å². The van der Waals surface area contributed by atoms with Crippen molar-refractivity contribution in [2.45, 2.75) is 13.2 Å². The lowest BCUT2D eigenvalue weighted by Gasteiger charge is -1.99. The molecule has 2 aromatic rings. The van der Waals surface area contributed by atoms with Gasteiger partial charge in [-0.05, 0) is 0 Å². The Bertz CT molecular complexity index is 368. The molecule has 0 bridgehead atoms. The zero-order valence-corrected chi connectivity index (χ0v) is 6.79. The summed E-state index contributed by atoms with van der Waals surface area (Å²) in [5.74, 6) is 0.517. The second-order valence-electron chi connectivity index (χ2n) is 2.51. The van der Waals surface area contributed by atoms with Crippen LogP contribution in [0.5, 0.6) is 0 Å². The minimum absolute atomic E-state index is 0.127. The molecule has 0 aromatic carbocycles. The maximum atomic E-state index is 8.87. The van der Waals surface area contributed by atoms with Crippen LogP contribution in [0.25, 0.3) is 0 Å². The van der Waals surface area contributed by atoms with Crippen molar-refractivity contribution in [2.75, 3.05) is 0 Å². The van der Waals surface area contributed by atoms with Gasteiger partial charge in [-0.1, -0.05) is 0 Å². The Labute approximate surface area is 73.9 Å². The van der Waals surface area contributed by atoms with E-state index in [9.17, 15) is 0 Å². The van der Waals surface area contributed by atoms with Crippen LogP contribution in [0.3, 0.4) is 0 Å². The Morgan fingerprint density at radius 3 is 3.15 bits per heavy atom. The first-order chi connectivity index (χ1) is 6.40. The third kappa shape index (κ3) is 1.57. The molecule has 6 nitrogen and oxygen atoms in total. The van der Waals surface area contributed by atoms with Gasteiger partial charge in [-0.2, -0.15) is 0 Å². The van der Waals surface area contributed by atoms with Gasteiger partial charge in [-0.3, -0.25) is 0 Å². The highest BCUT2D eigenvalue weighted by molar-refractivity contribution is 4.95. The summed E-state index contributed by atoms with van der Waals surface area (Å²) >= 11 is 0. The standard InChI is InChI=1S/C7H8N4O2/c12-2-7-10-9-4-11(7)1-6-3-13-5-8-6/h3-5,12H,1-2H2. The fourth-order valence-electron chi connectivity index (χ4n) is 1.02. The Morgan fingerprint density at radius 2 is 2.46 bits per heavy atom. The molecule has 0 fully saturated rings. The van der Waals surface area contributed by atoms with Gasteiger partial charge < -0.3 is 14.1 Å². The maximum Gasteiger partial charge on any atom is 0.180 e. The van der Waals surface area contributed by atoms with Crippen molar-refractivity contribution >= 4 is 0 Å². The minimum atomic E-state index is -0.127. The fourth-order valence-corrected chi connectivity index (χ4v) is 1.02. The van der Waals surface area contributed by atoms with Gasteiger partial charge in [0.15, 0.2) is 12.2 Å². The first kappa shape index (κ1) is 7.93. The third-order valence-corrected chi connectivity index (χ3v) is 1.65. The molecule has 6 heteroatoms. The molecule has 0 spiro atoms. The van der Waals surface area contributed by atoms with Crippen molar-refractivity contribution in [1.82, 2.24) is 19.7 Å². The number of aromatic nitrogens is 4. The quantitative estimate of drug-likeness (QED) is 0.708. The van der Waals surface area contributed by atoms with Gasteiger partial charge in [0.05, 0.1) is 12.2 Å². The predicted octanol–water partition coefficient (Wildman–Crippen LogP) is -0.193. The number of rotatable bonds is 3. The largest absolute Gasteiger partial charge is 0.451 e. The molecule has 0 aliphatic heterocycles. The van der Waals surface area contributed by atoms with Crippen LogP contribution >= 0.6 is 0 Å². The van der Waals surface area contributed by atoms with Crippen LogP contribution in [0.1, 0.15) is 11.5 Å². The summed E-state index contributed by atoms with van der Waals surface area (Å²) < 4.78 is 6.52. The van der Waals surface area contributed by atoms with E-state index in [2.05, 4.69) is 15.2 Å². The lowest BCUT2D eigenvalue weighted by atomic mass is 10.4. The van der Waals surface area contributed by atoms with Gasteiger partial charge in [0.1, 0.15) is 19.2 Å². The van der Waals surface area contributed by atoms with E-state index < -0.39 is 0 Å². The van der Waals surface area contributed by atoms with Gasteiger partial charge in [0, 0.05) is 0 Å². The molecule has 2 rings (SSSR count). The summed E-state index contributed by atoms with van der Waals surface area (Å²) in [5, 5.41) is 16.3. The topological polar surface area (TPSA) is 77.0 Å². The summed E-state index contributed by atoms with van der Waals surface area (Å²) in [6.45, 7) is 0.386. The fraction of sp³-hybridized carbons (Fsp3) is 0.286. The monoisotopic (exact) mass is 180 g/mol. The van der Waals surface area contributed by atoms with Gasteiger partial charge in [0.25, 0.3) is 0 Å². The van der Waals surface area contributed by atoms with Crippen molar-refractivity contribution in [1.29, 1.82) is 0 Å². The van der Waals surface area contributed by atoms with E-state index in [0.717, 1.165) is 5.69 Å². The maximum absolute atomic E-state index is 8.87.